The van der Waals surface area contributed by atoms with Crippen LogP contribution in [0.2, 0.25) is 0 Å². The average molecular weight is 221 g/mol. The zero-order valence-electron chi connectivity index (χ0n) is 8.39. The molecule has 0 aliphatic carbocycles. The van der Waals surface area contributed by atoms with Crippen LogP contribution in [0.1, 0.15) is 13.3 Å². The summed E-state index contributed by atoms with van der Waals surface area (Å²) < 4.78 is 30.8. The van der Waals surface area contributed by atoms with Gasteiger partial charge in [0.2, 0.25) is 5.78 Å². The van der Waals surface area contributed by atoms with Crippen LogP contribution < -0.4 is 5.32 Å². The van der Waals surface area contributed by atoms with E-state index in [4.69, 9.17) is 0 Å². The molecule has 0 aromatic rings. The molecule has 1 atom stereocenters. The van der Waals surface area contributed by atoms with E-state index in [2.05, 4.69) is 10.1 Å². The number of hydrogen-bond donors (Lipinski definition) is 1. The van der Waals surface area contributed by atoms with Crippen molar-refractivity contribution >= 4 is 11.8 Å². The number of halogens is 2. The van der Waals surface area contributed by atoms with E-state index >= 15 is 0 Å². The molecule has 1 aliphatic rings. The first-order chi connectivity index (χ1) is 6.99. The van der Waals surface area contributed by atoms with Crippen LogP contribution in [0.25, 0.3) is 0 Å². The molecule has 1 unspecified atom stereocenters. The Hall–Kier alpha value is -1.04. The normalized spacial score (nSPS) is 25.8. The first-order valence-electron chi connectivity index (χ1n) is 4.78. The summed E-state index contributed by atoms with van der Waals surface area (Å²) in [5, 5.41) is 2.42. The zero-order valence-corrected chi connectivity index (χ0v) is 8.39. The lowest BCUT2D eigenvalue weighted by molar-refractivity contribution is -0.159. The number of alkyl halides is 2. The van der Waals surface area contributed by atoms with Crippen molar-refractivity contribution in [3.8, 4) is 0 Å². The molecule has 1 fully saturated rings. The van der Waals surface area contributed by atoms with Crippen molar-refractivity contribution in [2.75, 3.05) is 19.7 Å². The maximum absolute atomic E-state index is 13.1. The van der Waals surface area contributed by atoms with Gasteiger partial charge in [0.25, 0.3) is 0 Å². The molecule has 1 saturated heterocycles. The summed E-state index contributed by atoms with van der Waals surface area (Å²) in [5.41, 5.74) is 0. The molecule has 0 aromatic carbocycles. The molecule has 0 bridgehead atoms. The summed E-state index contributed by atoms with van der Waals surface area (Å²) in [7, 11) is 0. The number of carbonyl (C=O) groups excluding carboxylic acids is 2. The van der Waals surface area contributed by atoms with E-state index in [1.807, 2.05) is 0 Å². The van der Waals surface area contributed by atoms with Gasteiger partial charge in [0.05, 0.1) is 13.2 Å². The molecule has 1 heterocycles. The number of Topliss-reactive ketones (excluding diaryl/α,β-unsaturated/α-hetero) is 1. The first-order valence-corrected chi connectivity index (χ1v) is 4.78. The molecule has 6 heteroatoms. The molecule has 0 aromatic heterocycles. The molecule has 1 aliphatic heterocycles. The van der Waals surface area contributed by atoms with E-state index in [1.165, 1.54) is 0 Å². The monoisotopic (exact) mass is 221 g/mol. The van der Waals surface area contributed by atoms with Crippen molar-refractivity contribution in [1.82, 2.24) is 5.32 Å². The Morgan fingerprint density at radius 2 is 2.33 bits per heavy atom. The fourth-order valence-corrected chi connectivity index (χ4v) is 1.43. The number of ketones is 1. The van der Waals surface area contributed by atoms with E-state index < -0.39 is 30.1 Å². The zero-order chi connectivity index (χ0) is 11.5. The van der Waals surface area contributed by atoms with Crippen LogP contribution in [0.15, 0.2) is 0 Å². The third kappa shape index (κ3) is 2.71. The van der Waals surface area contributed by atoms with Gasteiger partial charge in [-0.25, -0.2) is 0 Å². The molecule has 4 nitrogen and oxygen atoms in total. The summed E-state index contributed by atoms with van der Waals surface area (Å²) in [5.74, 6) is -7.01. The second-order valence-corrected chi connectivity index (χ2v) is 3.34. The highest BCUT2D eigenvalue weighted by Gasteiger charge is 2.47. The number of ether oxygens (including phenoxy) is 1. The number of carbonyl (C=O) groups is 2. The van der Waals surface area contributed by atoms with Crippen LogP contribution in [0, 0.1) is 5.92 Å². The van der Waals surface area contributed by atoms with Crippen molar-refractivity contribution in [3.63, 3.8) is 0 Å². The summed E-state index contributed by atoms with van der Waals surface area (Å²) in [6.07, 6.45) is 0.0628. The summed E-state index contributed by atoms with van der Waals surface area (Å²) >= 11 is 0. The highest BCUT2D eigenvalue weighted by molar-refractivity contribution is 6.02. The Labute approximate surface area is 86.0 Å². The Morgan fingerprint density at radius 1 is 1.67 bits per heavy atom. The van der Waals surface area contributed by atoms with Crippen LogP contribution in [-0.4, -0.2) is 37.4 Å². The smallest absolute Gasteiger partial charge is 0.318 e. The molecule has 15 heavy (non-hydrogen) atoms. The quantitative estimate of drug-likeness (QED) is 0.540. The lowest BCUT2D eigenvalue weighted by atomic mass is 9.97. The van der Waals surface area contributed by atoms with Gasteiger partial charge in [0, 0.05) is 0 Å². The maximum atomic E-state index is 13.1. The SMILES string of the molecule is CCOC(=O)C1CCNCC(F)(F)C1=O. The van der Waals surface area contributed by atoms with Crippen LogP contribution in [-0.2, 0) is 14.3 Å². The third-order valence-electron chi connectivity index (χ3n) is 2.20. The average Bonchev–Trinajstić information content (AvgIpc) is 2.28. The topological polar surface area (TPSA) is 55.4 Å². The van der Waals surface area contributed by atoms with Crippen LogP contribution in [0.4, 0.5) is 8.78 Å². The van der Waals surface area contributed by atoms with E-state index in [-0.39, 0.29) is 19.6 Å². The largest absolute Gasteiger partial charge is 0.465 e. The number of esters is 1. The molecule has 1 rings (SSSR count). The van der Waals surface area contributed by atoms with Crippen molar-refractivity contribution in [3.05, 3.63) is 0 Å². The Morgan fingerprint density at radius 3 is 2.93 bits per heavy atom. The van der Waals surface area contributed by atoms with Gasteiger partial charge in [-0.15, -0.1) is 0 Å². The molecule has 0 spiro atoms. The number of rotatable bonds is 2. The summed E-state index contributed by atoms with van der Waals surface area (Å²) in [6.45, 7) is 1.16. The standard InChI is InChI=1S/C9H13F2NO3/c1-2-15-8(14)6-3-4-12-5-9(10,11)7(6)13/h6,12H,2-5H2,1H3. The van der Waals surface area contributed by atoms with E-state index in [0.29, 0.717) is 0 Å². The van der Waals surface area contributed by atoms with Crippen molar-refractivity contribution in [2.24, 2.45) is 5.92 Å². The molecule has 0 saturated carbocycles. The Bertz CT molecular complexity index is 268. The fourth-order valence-electron chi connectivity index (χ4n) is 1.43. The summed E-state index contributed by atoms with van der Waals surface area (Å²) in [6, 6.07) is 0. The highest BCUT2D eigenvalue weighted by atomic mass is 19.3. The molecule has 0 amide bonds. The van der Waals surface area contributed by atoms with Gasteiger partial charge in [-0.2, -0.15) is 8.78 Å². The minimum absolute atomic E-state index is 0.0628. The van der Waals surface area contributed by atoms with Gasteiger partial charge in [-0.3, -0.25) is 9.59 Å². The number of nitrogens with one attached hydrogen (secondary N) is 1. The van der Waals surface area contributed by atoms with Crippen LogP contribution >= 0.6 is 0 Å². The van der Waals surface area contributed by atoms with Crippen molar-refractivity contribution in [2.45, 2.75) is 19.3 Å². The second kappa shape index (κ2) is 4.65. The predicted molar refractivity (Wildman–Crippen MR) is 47.6 cm³/mol. The van der Waals surface area contributed by atoms with E-state index in [0.717, 1.165) is 0 Å². The summed E-state index contributed by atoms with van der Waals surface area (Å²) in [4.78, 5) is 22.5. The van der Waals surface area contributed by atoms with Gasteiger partial charge in [-0.05, 0) is 19.9 Å². The van der Waals surface area contributed by atoms with Crippen molar-refractivity contribution in [1.29, 1.82) is 0 Å². The maximum Gasteiger partial charge on any atom is 0.318 e. The molecule has 0 radical (unpaired) electrons. The Balaban J connectivity index is 2.78. The fraction of sp³-hybridized carbons (Fsp3) is 0.778. The second-order valence-electron chi connectivity index (χ2n) is 3.34. The lowest BCUT2D eigenvalue weighted by Gasteiger charge is -2.16. The van der Waals surface area contributed by atoms with Crippen LogP contribution in [0.5, 0.6) is 0 Å². The predicted octanol–water partition coefficient (Wildman–Crippen LogP) is 0.363. The van der Waals surface area contributed by atoms with Gasteiger partial charge < -0.3 is 10.1 Å². The van der Waals surface area contributed by atoms with Crippen LogP contribution in [0.3, 0.4) is 0 Å². The molecular formula is C9H13F2NO3. The minimum atomic E-state index is -3.48. The first kappa shape index (κ1) is 12.0. The van der Waals surface area contributed by atoms with Gasteiger partial charge in [0.15, 0.2) is 0 Å². The molecular weight excluding hydrogens is 208 g/mol. The third-order valence-corrected chi connectivity index (χ3v) is 2.20. The highest BCUT2D eigenvalue weighted by Crippen LogP contribution is 2.24. The lowest BCUT2D eigenvalue weighted by Crippen LogP contribution is -2.41. The molecule has 1 N–H and O–H groups in total. The van der Waals surface area contributed by atoms with Gasteiger partial charge in [-0.1, -0.05) is 0 Å². The Kier molecular flexibility index (Phi) is 3.73. The number of hydrogen-bond acceptors (Lipinski definition) is 4. The van der Waals surface area contributed by atoms with E-state index in [1.54, 1.807) is 6.92 Å². The van der Waals surface area contributed by atoms with Gasteiger partial charge in [0.1, 0.15) is 5.92 Å². The minimum Gasteiger partial charge on any atom is -0.465 e. The van der Waals surface area contributed by atoms with E-state index in [9.17, 15) is 18.4 Å². The molecule has 86 valence electrons. The van der Waals surface area contributed by atoms with Gasteiger partial charge >= 0.3 is 11.9 Å². The van der Waals surface area contributed by atoms with Crippen molar-refractivity contribution < 1.29 is 23.1 Å².